The van der Waals surface area contributed by atoms with E-state index in [2.05, 4.69) is 47.7 Å². The van der Waals surface area contributed by atoms with Gasteiger partial charge in [-0.25, -0.2) is 0 Å². The summed E-state index contributed by atoms with van der Waals surface area (Å²) in [6, 6.07) is 0.596. The molecule has 2 N–H and O–H groups in total. The molecule has 0 radical (unpaired) electrons. The predicted molar refractivity (Wildman–Crippen MR) is 103 cm³/mol. The zero-order valence-corrected chi connectivity index (χ0v) is 16.5. The summed E-state index contributed by atoms with van der Waals surface area (Å²) in [6.45, 7) is 8.18. The van der Waals surface area contributed by atoms with E-state index in [1.54, 1.807) is 0 Å². The Balaban J connectivity index is 0.00000361. The number of likely N-dealkylation sites (N-methyl/N-ethyl adjacent to an activating group) is 1. The number of rotatable bonds is 7. The fraction of sp³-hybridized carbons (Fsp3) is 0.929. The predicted octanol–water partition coefficient (Wildman–Crippen LogP) is 2.40. The van der Waals surface area contributed by atoms with E-state index in [9.17, 15) is 0 Å². The maximum absolute atomic E-state index is 4.66. The number of hydrogen-bond acceptors (Lipinski definition) is 3. The van der Waals surface area contributed by atoms with Crippen LogP contribution in [0.2, 0.25) is 0 Å². The van der Waals surface area contributed by atoms with Gasteiger partial charge in [-0.05, 0) is 46.0 Å². The standard InChI is InChI=1S/C14H30N4S.HI/c1-5-15-14(16-9-10-18(3)6-2)17-12-7-8-13(11-12)19-4;/h12-13H,5-11H2,1-4H3,(H2,15,16,17);1H. The van der Waals surface area contributed by atoms with Crippen molar-refractivity contribution in [2.75, 3.05) is 39.5 Å². The van der Waals surface area contributed by atoms with E-state index in [0.717, 1.165) is 37.4 Å². The molecule has 0 aromatic carbocycles. The van der Waals surface area contributed by atoms with E-state index in [0.29, 0.717) is 6.04 Å². The van der Waals surface area contributed by atoms with Crippen LogP contribution < -0.4 is 10.6 Å². The molecule has 6 heteroatoms. The molecule has 1 aliphatic carbocycles. The molecular formula is C14H31IN4S. The molecule has 0 aliphatic heterocycles. The highest BCUT2D eigenvalue weighted by Gasteiger charge is 2.24. The highest BCUT2D eigenvalue weighted by molar-refractivity contribution is 14.0. The van der Waals surface area contributed by atoms with E-state index in [-0.39, 0.29) is 24.0 Å². The number of halogens is 1. The minimum atomic E-state index is 0. The van der Waals surface area contributed by atoms with Crippen molar-refractivity contribution >= 4 is 41.7 Å². The van der Waals surface area contributed by atoms with Crippen molar-refractivity contribution in [3.05, 3.63) is 0 Å². The Hall–Kier alpha value is 0.310. The molecule has 2 atom stereocenters. The smallest absolute Gasteiger partial charge is 0.191 e. The lowest BCUT2D eigenvalue weighted by atomic mass is 10.2. The van der Waals surface area contributed by atoms with E-state index < -0.39 is 0 Å². The molecule has 0 amide bonds. The van der Waals surface area contributed by atoms with E-state index >= 15 is 0 Å². The van der Waals surface area contributed by atoms with E-state index in [1.807, 2.05) is 11.8 Å². The quantitative estimate of drug-likeness (QED) is 0.381. The first-order valence-electron chi connectivity index (χ1n) is 7.45. The number of hydrogen-bond donors (Lipinski definition) is 2. The topological polar surface area (TPSA) is 39.7 Å². The number of thioether (sulfide) groups is 1. The Labute approximate surface area is 145 Å². The summed E-state index contributed by atoms with van der Waals surface area (Å²) in [6.07, 6.45) is 6.08. The second-order valence-electron chi connectivity index (χ2n) is 5.17. The fourth-order valence-corrected chi connectivity index (χ4v) is 3.09. The Morgan fingerprint density at radius 2 is 2.10 bits per heavy atom. The normalized spacial score (nSPS) is 22.8. The largest absolute Gasteiger partial charge is 0.357 e. The Kier molecular flexibility index (Phi) is 12.1. The first-order valence-corrected chi connectivity index (χ1v) is 8.74. The van der Waals surface area contributed by atoms with Crippen molar-refractivity contribution < 1.29 is 0 Å². The molecule has 0 aromatic rings. The van der Waals surface area contributed by atoms with Gasteiger partial charge in [-0.3, -0.25) is 4.99 Å². The summed E-state index contributed by atoms with van der Waals surface area (Å²) in [7, 11) is 2.13. The first kappa shape index (κ1) is 20.3. The molecule has 0 saturated heterocycles. The molecule has 0 heterocycles. The Morgan fingerprint density at radius 3 is 2.65 bits per heavy atom. The van der Waals surface area contributed by atoms with Crippen LogP contribution in [0.4, 0.5) is 0 Å². The first-order chi connectivity index (χ1) is 9.19. The van der Waals surface area contributed by atoms with Crippen molar-refractivity contribution in [1.29, 1.82) is 0 Å². The summed E-state index contributed by atoms with van der Waals surface area (Å²) in [5.74, 6) is 0.985. The lowest BCUT2D eigenvalue weighted by Gasteiger charge is -2.18. The average molecular weight is 414 g/mol. The second kappa shape index (κ2) is 11.9. The van der Waals surface area contributed by atoms with Crippen molar-refractivity contribution in [2.45, 2.75) is 44.4 Å². The van der Waals surface area contributed by atoms with Crippen LogP contribution >= 0.6 is 35.7 Å². The van der Waals surface area contributed by atoms with E-state index in [4.69, 9.17) is 0 Å². The van der Waals surface area contributed by atoms with Crippen LogP contribution in [0.3, 0.4) is 0 Å². The molecule has 0 bridgehead atoms. The highest BCUT2D eigenvalue weighted by Crippen LogP contribution is 2.27. The molecule has 1 fully saturated rings. The Bertz CT molecular complexity index is 276. The molecule has 1 rings (SSSR count). The van der Waals surface area contributed by atoms with Gasteiger partial charge in [0, 0.05) is 24.4 Å². The summed E-state index contributed by atoms with van der Waals surface area (Å²) >= 11 is 1.99. The van der Waals surface area contributed by atoms with Crippen LogP contribution in [0.5, 0.6) is 0 Å². The van der Waals surface area contributed by atoms with Gasteiger partial charge in [0.25, 0.3) is 0 Å². The third-order valence-electron chi connectivity index (χ3n) is 3.69. The molecule has 1 saturated carbocycles. The molecule has 2 unspecified atom stereocenters. The molecule has 1 aliphatic rings. The number of guanidine groups is 1. The Morgan fingerprint density at radius 1 is 1.35 bits per heavy atom. The van der Waals surface area contributed by atoms with Crippen LogP contribution in [0.25, 0.3) is 0 Å². The number of nitrogens with one attached hydrogen (secondary N) is 2. The van der Waals surface area contributed by atoms with Gasteiger partial charge in [0.2, 0.25) is 0 Å². The number of nitrogens with zero attached hydrogens (tertiary/aromatic N) is 2. The molecule has 120 valence electrons. The highest BCUT2D eigenvalue weighted by atomic mass is 127. The monoisotopic (exact) mass is 414 g/mol. The van der Waals surface area contributed by atoms with Crippen LogP contribution in [0.1, 0.15) is 33.1 Å². The molecule has 20 heavy (non-hydrogen) atoms. The summed E-state index contributed by atoms with van der Waals surface area (Å²) < 4.78 is 0. The van der Waals surface area contributed by atoms with Gasteiger partial charge in [0.15, 0.2) is 5.96 Å². The van der Waals surface area contributed by atoms with Gasteiger partial charge in [-0.15, -0.1) is 24.0 Å². The van der Waals surface area contributed by atoms with Crippen molar-refractivity contribution in [1.82, 2.24) is 15.5 Å². The van der Waals surface area contributed by atoms with Crippen LogP contribution in [-0.2, 0) is 0 Å². The third-order valence-corrected chi connectivity index (χ3v) is 4.79. The van der Waals surface area contributed by atoms with Crippen molar-refractivity contribution in [3.8, 4) is 0 Å². The average Bonchev–Trinajstić information content (AvgIpc) is 2.86. The third kappa shape index (κ3) is 7.93. The molecule has 0 spiro atoms. The molecule has 4 nitrogen and oxygen atoms in total. The van der Waals surface area contributed by atoms with Gasteiger partial charge in [0.1, 0.15) is 0 Å². The summed E-state index contributed by atoms with van der Waals surface area (Å²) in [5.41, 5.74) is 0. The van der Waals surface area contributed by atoms with Gasteiger partial charge < -0.3 is 15.5 Å². The number of aliphatic imine (C=N–C) groups is 1. The zero-order valence-electron chi connectivity index (χ0n) is 13.3. The van der Waals surface area contributed by atoms with Gasteiger partial charge >= 0.3 is 0 Å². The maximum Gasteiger partial charge on any atom is 0.191 e. The molecular weight excluding hydrogens is 383 g/mol. The second-order valence-corrected chi connectivity index (χ2v) is 6.31. The van der Waals surface area contributed by atoms with E-state index in [1.165, 1.54) is 19.3 Å². The molecule has 0 aromatic heterocycles. The van der Waals surface area contributed by atoms with Crippen LogP contribution in [0, 0.1) is 0 Å². The van der Waals surface area contributed by atoms with Crippen LogP contribution in [0.15, 0.2) is 4.99 Å². The fourth-order valence-electron chi connectivity index (χ4n) is 2.29. The summed E-state index contributed by atoms with van der Waals surface area (Å²) in [4.78, 5) is 6.95. The minimum absolute atomic E-state index is 0. The zero-order chi connectivity index (χ0) is 14.1. The summed E-state index contributed by atoms with van der Waals surface area (Å²) in [5, 5.41) is 7.75. The minimum Gasteiger partial charge on any atom is -0.357 e. The van der Waals surface area contributed by atoms with Crippen molar-refractivity contribution in [2.24, 2.45) is 4.99 Å². The van der Waals surface area contributed by atoms with Gasteiger partial charge in [-0.2, -0.15) is 11.8 Å². The van der Waals surface area contributed by atoms with Gasteiger partial charge in [0.05, 0.1) is 6.54 Å². The van der Waals surface area contributed by atoms with Crippen LogP contribution in [-0.4, -0.2) is 61.6 Å². The van der Waals surface area contributed by atoms with Gasteiger partial charge in [-0.1, -0.05) is 6.92 Å². The maximum atomic E-state index is 4.66. The SMILES string of the molecule is CCNC(=NCCN(C)CC)NC1CCC(SC)C1.I. The lowest BCUT2D eigenvalue weighted by Crippen LogP contribution is -2.43. The van der Waals surface area contributed by atoms with Crippen molar-refractivity contribution in [3.63, 3.8) is 0 Å². The lowest BCUT2D eigenvalue weighted by molar-refractivity contribution is 0.363.